The first-order chi connectivity index (χ1) is 14.9. The summed E-state index contributed by atoms with van der Waals surface area (Å²) in [6, 6.07) is 16.8. The number of rotatable bonds is 7. The lowest BCUT2D eigenvalue weighted by Crippen LogP contribution is -2.13. The molecule has 8 nitrogen and oxygen atoms in total. The second kappa shape index (κ2) is 8.92. The monoisotopic (exact) mass is 471 g/mol. The van der Waals surface area contributed by atoms with Gasteiger partial charge in [-0.3, -0.25) is 9.52 Å². The topological polar surface area (TPSA) is 106 Å². The van der Waals surface area contributed by atoms with E-state index in [-0.39, 0.29) is 10.1 Å². The molecule has 0 atom stereocenters. The first-order valence-corrected chi connectivity index (χ1v) is 12.2. The fourth-order valence-electron chi connectivity index (χ4n) is 2.59. The van der Waals surface area contributed by atoms with Crippen LogP contribution in [0.1, 0.15) is 10.4 Å². The highest BCUT2D eigenvalue weighted by Crippen LogP contribution is 2.26. The highest BCUT2D eigenvalue weighted by atomic mass is 32.2. The van der Waals surface area contributed by atoms with E-state index in [1.807, 2.05) is 23.7 Å². The van der Waals surface area contributed by atoms with E-state index < -0.39 is 10.0 Å². The first-order valence-electron chi connectivity index (χ1n) is 9.00. The number of carbonyl (C=O) groups excluding carboxylic acids is 1. The number of aryl methyl sites for hydroxylation is 1. The van der Waals surface area contributed by atoms with Gasteiger partial charge in [-0.15, -0.1) is 21.5 Å². The second-order valence-electron chi connectivity index (χ2n) is 6.42. The van der Waals surface area contributed by atoms with E-state index in [4.69, 9.17) is 0 Å². The van der Waals surface area contributed by atoms with Crippen LogP contribution in [-0.4, -0.2) is 29.1 Å². The van der Waals surface area contributed by atoms with Crippen LogP contribution in [0.15, 0.2) is 86.6 Å². The number of thiophene rings is 1. The molecule has 0 saturated heterocycles. The van der Waals surface area contributed by atoms with Crippen molar-refractivity contribution in [3.63, 3.8) is 0 Å². The summed E-state index contributed by atoms with van der Waals surface area (Å²) >= 11 is 2.61. The molecule has 0 unspecified atom stereocenters. The molecule has 0 saturated carbocycles. The van der Waals surface area contributed by atoms with Crippen LogP contribution in [-0.2, 0) is 17.1 Å². The van der Waals surface area contributed by atoms with E-state index in [1.165, 1.54) is 17.8 Å². The Labute approximate surface area is 187 Å². The minimum Gasteiger partial charge on any atom is -0.322 e. The van der Waals surface area contributed by atoms with Gasteiger partial charge in [0.25, 0.3) is 15.9 Å². The van der Waals surface area contributed by atoms with Gasteiger partial charge in [-0.25, -0.2) is 8.42 Å². The Kier molecular flexibility index (Phi) is 6.07. The molecule has 0 spiro atoms. The molecule has 0 aliphatic heterocycles. The Morgan fingerprint density at radius 3 is 2.35 bits per heavy atom. The molecular formula is C20H17N5O3S3. The van der Waals surface area contributed by atoms with Crippen LogP contribution in [0.2, 0.25) is 0 Å². The standard InChI is InChI=1S/C20H17N5O3S3/c1-25-13-21-23-20(25)30-17-10-8-15(9-11-17)22-19(26)14-4-6-16(7-5-14)24-31(27,28)18-3-2-12-29-18/h2-13,24H,1H3,(H,22,26). The summed E-state index contributed by atoms with van der Waals surface area (Å²) in [4.78, 5) is 13.5. The number of carbonyl (C=O) groups is 1. The Balaban J connectivity index is 1.38. The summed E-state index contributed by atoms with van der Waals surface area (Å²) in [5.41, 5.74) is 1.45. The van der Waals surface area contributed by atoms with Crippen molar-refractivity contribution in [1.29, 1.82) is 0 Å². The summed E-state index contributed by atoms with van der Waals surface area (Å²) in [6.45, 7) is 0. The fourth-order valence-corrected chi connectivity index (χ4v) is 5.41. The van der Waals surface area contributed by atoms with Gasteiger partial charge in [0.1, 0.15) is 10.5 Å². The van der Waals surface area contributed by atoms with Crippen molar-refractivity contribution in [2.24, 2.45) is 7.05 Å². The van der Waals surface area contributed by atoms with Gasteiger partial charge in [0, 0.05) is 28.9 Å². The van der Waals surface area contributed by atoms with Gasteiger partial charge in [-0.1, -0.05) is 6.07 Å². The molecule has 0 aliphatic rings. The highest BCUT2D eigenvalue weighted by Gasteiger charge is 2.15. The number of nitrogens with zero attached hydrogens (tertiary/aromatic N) is 3. The zero-order valence-electron chi connectivity index (χ0n) is 16.2. The molecule has 0 fully saturated rings. The van der Waals surface area contributed by atoms with E-state index in [9.17, 15) is 13.2 Å². The number of amides is 1. The van der Waals surface area contributed by atoms with Crippen LogP contribution < -0.4 is 10.0 Å². The molecular weight excluding hydrogens is 454 g/mol. The van der Waals surface area contributed by atoms with Crippen molar-refractivity contribution in [2.45, 2.75) is 14.3 Å². The normalized spacial score (nSPS) is 11.3. The van der Waals surface area contributed by atoms with E-state index >= 15 is 0 Å². The van der Waals surface area contributed by atoms with Crippen LogP contribution in [0.4, 0.5) is 11.4 Å². The maximum Gasteiger partial charge on any atom is 0.271 e. The van der Waals surface area contributed by atoms with Crippen molar-refractivity contribution in [3.05, 3.63) is 77.9 Å². The smallest absolute Gasteiger partial charge is 0.271 e. The number of sulfonamides is 1. The van der Waals surface area contributed by atoms with E-state index in [0.717, 1.165) is 21.4 Å². The van der Waals surface area contributed by atoms with Crippen LogP contribution in [0.3, 0.4) is 0 Å². The van der Waals surface area contributed by atoms with Gasteiger partial charge in [0.15, 0.2) is 5.16 Å². The third-order valence-corrected chi connectivity index (χ3v) is 7.99. The van der Waals surface area contributed by atoms with Crippen LogP contribution in [0, 0.1) is 0 Å². The van der Waals surface area contributed by atoms with Gasteiger partial charge < -0.3 is 9.88 Å². The molecule has 158 valence electrons. The molecule has 0 radical (unpaired) electrons. The third-order valence-electron chi connectivity index (χ3n) is 4.15. The Morgan fingerprint density at radius 1 is 1.03 bits per heavy atom. The van der Waals surface area contributed by atoms with Gasteiger partial charge in [0.2, 0.25) is 0 Å². The maximum absolute atomic E-state index is 12.5. The molecule has 2 heterocycles. The zero-order valence-corrected chi connectivity index (χ0v) is 18.7. The second-order valence-corrected chi connectivity index (χ2v) is 10.3. The lowest BCUT2D eigenvalue weighted by Gasteiger charge is -2.09. The Hall–Kier alpha value is -3.15. The number of hydrogen-bond donors (Lipinski definition) is 2. The van der Waals surface area contributed by atoms with Crippen molar-refractivity contribution in [3.8, 4) is 0 Å². The van der Waals surface area contributed by atoms with Crippen LogP contribution in [0.25, 0.3) is 0 Å². The fraction of sp³-hybridized carbons (Fsp3) is 0.0500. The molecule has 1 amide bonds. The van der Waals surface area contributed by atoms with Crippen molar-refractivity contribution in [2.75, 3.05) is 10.0 Å². The molecule has 2 aromatic heterocycles. The molecule has 2 N–H and O–H groups in total. The summed E-state index contributed by atoms with van der Waals surface area (Å²) < 4.78 is 29.1. The minimum absolute atomic E-state index is 0.232. The van der Waals surface area contributed by atoms with Gasteiger partial charge in [-0.05, 0) is 71.7 Å². The van der Waals surface area contributed by atoms with Gasteiger partial charge in [-0.2, -0.15) is 0 Å². The summed E-state index contributed by atoms with van der Waals surface area (Å²) in [6.07, 6.45) is 1.63. The average Bonchev–Trinajstić information content (AvgIpc) is 3.43. The Bertz CT molecular complexity index is 1280. The lowest BCUT2D eigenvalue weighted by molar-refractivity contribution is 0.102. The summed E-state index contributed by atoms with van der Waals surface area (Å²) in [5.74, 6) is -0.290. The SMILES string of the molecule is Cn1cnnc1Sc1ccc(NC(=O)c2ccc(NS(=O)(=O)c3cccs3)cc2)cc1. The molecule has 0 aliphatic carbocycles. The predicted molar refractivity (Wildman–Crippen MR) is 121 cm³/mol. The van der Waals surface area contributed by atoms with Crippen molar-refractivity contribution >= 4 is 50.4 Å². The number of nitrogens with one attached hydrogen (secondary N) is 2. The molecule has 2 aromatic carbocycles. The Morgan fingerprint density at radius 2 is 1.74 bits per heavy atom. The van der Waals surface area contributed by atoms with Crippen LogP contribution >= 0.6 is 23.1 Å². The maximum atomic E-state index is 12.5. The highest BCUT2D eigenvalue weighted by molar-refractivity contribution is 7.99. The number of benzene rings is 2. The zero-order chi connectivity index (χ0) is 21.8. The van der Waals surface area contributed by atoms with Gasteiger partial charge in [0.05, 0.1) is 0 Å². The first kappa shape index (κ1) is 21.1. The largest absolute Gasteiger partial charge is 0.322 e. The van der Waals surface area contributed by atoms with Crippen LogP contribution in [0.5, 0.6) is 0 Å². The molecule has 11 heteroatoms. The van der Waals surface area contributed by atoms with Crippen molar-refractivity contribution in [1.82, 2.24) is 14.8 Å². The summed E-state index contributed by atoms with van der Waals surface area (Å²) in [5, 5.41) is 13.2. The van der Waals surface area contributed by atoms with E-state index in [2.05, 4.69) is 20.2 Å². The molecule has 4 rings (SSSR count). The number of anilines is 2. The van der Waals surface area contributed by atoms with Gasteiger partial charge >= 0.3 is 0 Å². The van der Waals surface area contributed by atoms with E-state index in [0.29, 0.717) is 16.9 Å². The quantitative estimate of drug-likeness (QED) is 0.421. The summed E-state index contributed by atoms with van der Waals surface area (Å²) in [7, 11) is -1.75. The predicted octanol–water partition coefficient (Wildman–Crippen LogP) is 4.08. The third kappa shape index (κ3) is 5.13. The average molecular weight is 472 g/mol. The minimum atomic E-state index is -3.62. The number of hydrogen-bond acceptors (Lipinski definition) is 7. The molecule has 4 aromatic rings. The van der Waals surface area contributed by atoms with E-state index in [1.54, 1.807) is 54.2 Å². The molecule has 0 bridgehead atoms. The van der Waals surface area contributed by atoms with Crippen molar-refractivity contribution < 1.29 is 13.2 Å². The number of aromatic nitrogens is 3. The molecule has 31 heavy (non-hydrogen) atoms. The lowest BCUT2D eigenvalue weighted by atomic mass is 10.2.